The number of unbranched alkanes of at least 4 members (excludes halogenated alkanes) is 2. The zero-order valence-corrected chi connectivity index (χ0v) is 18.2. The molecule has 0 radical (unpaired) electrons. The monoisotopic (exact) mass is 408 g/mol. The van der Waals surface area contributed by atoms with Gasteiger partial charge in [0.25, 0.3) is 0 Å². The smallest absolute Gasteiger partial charge is 0.305 e. The van der Waals surface area contributed by atoms with E-state index in [1.807, 2.05) is 0 Å². The molecular weight excluding hydrogens is 374 g/mol. The highest BCUT2D eigenvalue weighted by Crippen LogP contribution is 2.18. The lowest BCUT2D eigenvalue weighted by Crippen LogP contribution is -3.13. The van der Waals surface area contributed by atoms with Crippen LogP contribution < -0.4 is 15.0 Å². The molecule has 1 aliphatic rings. The number of benzene rings is 1. The van der Waals surface area contributed by atoms with Crippen LogP contribution in [0.2, 0.25) is 0 Å². The maximum Gasteiger partial charge on any atom is 0.305 e. The highest BCUT2D eigenvalue weighted by molar-refractivity contribution is 7.80. The van der Waals surface area contributed by atoms with Crippen LogP contribution in [0.1, 0.15) is 36.8 Å². The van der Waals surface area contributed by atoms with Gasteiger partial charge in [-0.05, 0) is 44.1 Å². The molecule has 1 aromatic rings. The number of carbonyl (C=O) groups excluding carboxylic acids is 1. The Labute approximate surface area is 174 Å². The maximum absolute atomic E-state index is 11.1. The van der Waals surface area contributed by atoms with Crippen LogP contribution in [0.25, 0.3) is 0 Å². The number of carbonyl (C=O) groups is 1. The number of nitrogens with zero attached hydrogens (tertiary/aromatic N) is 1. The number of aryl methyl sites for hydroxylation is 1. The van der Waals surface area contributed by atoms with Crippen molar-refractivity contribution < 1.29 is 19.2 Å². The summed E-state index contributed by atoms with van der Waals surface area (Å²) in [4.78, 5) is 14.9. The van der Waals surface area contributed by atoms with E-state index >= 15 is 0 Å². The summed E-state index contributed by atoms with van der Waals surface area (Å²) in [7, 11) is 3.17. The predicted octanol–water partition coefficient (Wildman–Crippen LogP) is 1.31. The van der Waals surface area contributed by atoms with Crippen LogP contribution in [0.3, 0.4) is 0 Å². The van der Waals surface area contributed by atoms with Crippen molar-refractivity contribution in [3.63, 3.8) is 0 Å². The first kappa shape index (κ1) is 22.4. The van der Waals surface area contributed by atoms with Crippen molar-refractivity contribution in [3.8, 4) is 5.75 Å². The van der Waals surface area contributed by atoms with Gasteiger partial charge in [-0.3, -0.25) is 4.79 Å². The first-order valence-electron chi connectivity index (χ1n) is 10.1. The van der Waals surface area contributed by atoms with Crippen molar-refractivity contribution in [2.24, 2.45) is 0 Å². The van der Waals surface area contributed by atoms with E-state index in [1.165, 1.54) is 18.2 Å². The molecule has 0 aromatic heterocycles. The Morgan fingerprint density at radius 1 is 1.21 bits per heavy atom. The predicted molar refractivity (Wildman–Crippen MR) is 115 cm³/mol. The molecule has 1 saturated heterocycles. The van der Waals surface area contributed by atoms with Crippen molar-refractivity contribution in [3.05, 3.63) is 29.3 Å². The van der Waals surface area contributed by atoms with E-state index < -0.39 is 0 Å². The third kappa shape index (κ3) is 7.28. The summed E-state index contributed by atoms with van der Waals surface area (Å²) in [6.45, 7) is 8.04. The second-order valence-corrected chi connectivity index (χ2v) is 7.73. The minimum Gasteiger partial charge on any atom is -0.496 e. The average molecular weight is 409 g/mol. The van der Waals surface area contributed by atoms with Crippen molar-refractivity contribution in [2.45, 2.75) is 39.2 Å². The Hall–Kier alpha value is -1.86. The molecule has 0 bridgehead atoms. The van der Waals surface area contributed by atoms with E-state index in [0.717, 1.165) is 69.4 Å². The number of nitrogens with one attached hydrogen (secondary N) is 2. The zero-order valence-electron chi connectivity index (χ0n) is 17.4. The van der Waals surface area contributed by atoms with Gasteiger partial charge in [0, 0.05) is 18.5 Å². The lowest BCUT2D eigenvalue weighted by Gasteiger charge is -2.34. The highest BCUT2D eigenvalue weighted by atomic mass is 32.1. The van der Waals surface area contributed by atoms with Gasteiger partial charge in [0.1, 0.15) is 12.3 Å². The standard InChI is InChI=1S/C21H33N3O3S/c1-17-8-9-19(26-2)18(15-17)16-23-11-13-24(14-12-23)21(28)22-10-6-4-5-7-20(25)27-3/h8-9,15H,4-7,10-14,16H2,1-3H3,(H,22,28)/p+1. The Morgan fingerprint density at radius 3 is 2.64 bits per heavy atom. The number of quaternary nitrogens is 1. The SMILES string of the molecule is COC(=O)CCCCCNC(=S)N1CC[NH+](Cc2cc(C)ccc2OC)CC1. The van der Waals surface area contributed by atoms with Gasteiger partial charge in [-0.1, -0.05) is 18.1 Å². The summed E-state index contributed by atoms with van der Waals surface area (Å²) in [5.74, 6) is 0.844. The first-order chi connectivity index (χ1) is 13.5. The number of hydrogen-bond donors (Lipinski definition) is 2. The fourth-order valence-corrected chi connectivity index (χ4v) is 3.78. The van der Waals surface area contributed by atoms with Gasteiger partial charge in [0.05, 0.1) is 40.4 Å². The summed E-state index contributed by atoms with van der Waals surface area (Å²) in [6.07, 6.45) is 3.37. The minimum atomic E-state index is -0.132. The second kappa shape index (κ2) is 11.9. The van der Waals surface area contributed by atoms with E-state index in [-0.39, 0.29) is 5.97 Å². The molecule has 2 rings (SSSR count). The molecule has 7 heteroatoms. The van der Waals surface area contributed by atoms with E-state index in [0.29, 0.717) is 6.42 Å². The van der Waals surface area contributed by atoms with Crippen LogP contribution in [0.5, 0.6) is 5.75 Å². The average Bonchev–Trinajstić information content (AvgIpc) is 2.71. The molecule has 0 aliphatic carbocycles. The molecule has 0 atom stereocenters. The topological polar surface area (TPSA) is 55.2 Å². The van der Waals surface area contributed by atoms with Crippen molar-refractivity contribution in [1.82, 2.24) is 10.2 Å². The number of esters is 1. The molecule has 0 amide bonds. The van der Waals surface area contributed by atoms with Crippen LogP contribution in [-0.4, -0.2) is 62.9 Å². The molecule has 1 aliphatic heterocycles. The fourth-order valence-electron chi connectivity index (χ4n) is 3.50. The summed E-state index contributed by atoms with van der Waals surface area (Å²) in [5.41, 5.74) is 2.55. The van der Waals surface area contributed by atoms with Crippen LogP contribution in [0, 0.1) is 6.92 Å². The molecule has 0 spiro atoms. The molecule has 156 valence electrons. The number of ether oxygens (including phenoxy) is 2. The second-order valence-electron chi connectivity index (χ2n) is 7.35. The van der Waals surface area contributed by atoms with E-state index in [1.54, 1.807) is 12.0 Å². The molecule has 0 unspecified atom stereocenters. The van der Waals surface area contributed by atoms with Gasteiger partial charge in [-0.15, -0.1) is 0 Å². The number of piperazine rings is 1. The van der Waals surface area contributed by atoms with Crippen LogP contribution in [-0.2, 0) is 16.1 Å². The van der Waals surface area contributed by atoms with Gasteiger partial charge < -0.3 is 24.6 Å². The van der Waals surface area contributed by atoms with E-state index in [2.05, 4.69) is 40.1 Å². The lowest BCUT2D eigenvalue weighted by molar-refractivity contribution is -0.917. The van der Waals surface area contributed by atoms with Crippen molar-refractivity contribution in [1.29, 1.82) is 0 Å². The Morgan fingerprint density at radius 2 is 1.96 bits per heavy atom. The molecule has 28 heavy (non-hydrogen) atoms. The summed E-state index contributed by atoms with van der Waals surface area (Å²) in [6, 6.07) is 6.38. The molecule has 1 heterocycles. The van der Waals surface area contributed by atoms with Gasteiger partial charge in [-0.25, -0.2) is 0 Å². The molecule has 2 N–H and O–H groups in total. The number of thiocarbonyl (C=S) groups is 1. The number of methoxy groups -OCH3 is 2. The zero-order chi connectivity index (χ0) is 20.4. The fraction of sp³-hybridized carbons (Fsp3) is 0.619. The largest absolute Gasteiger partial charge is 0.496 e. The van der Waals surface area contributed by atoms with E-state index in [9.17, 15) is 4.79 Å². The third-order valence-electron chi connectivity index (χ3n) is 5.20. The molecular formula is C21H34N3O3S+. The molecule has 6 nitrogen and oxygen atoms in total. The van der Waals surface area contributed by atoms with E-state index in [4.69, 9.17) is 17.0 Å². The Balaban J connectivity index is 1.65. The van der Waals surface area contributed by atoms with Crippen LogP contribution in [0.15, 0.2) is 18.2 Å². The quantitative estimate of drug-likeness (QED) is 0.365. The summed E-state index contributed by atoms with van der Waals surface area (Å²) < 4.78 is 10.2. The number of rotatable bonds is 9. The summed E-state index contributed by atoms with van der Waals surface area (Å²) >= 11 is 5.55. The van der Waals surface area contributed by atoms with Crippen molar-refractivity contribution >= 4 is 23.3 Å². The Kier molecular flexibility index (Phi) is 9.50. The van der Waals surface area contributed by atoms with Crippen LogP contribution in [0.4, 0.5) is 0 Å². The Bertz CT molecular complexity index is 646. The van der Waals surface area contributed by atoms with Gasteiger partial charge in [0.2, 0.25) is 0 Å². The maximum atomic E-state index is 11.1. The van der Waals surface area contributed by atoms with Crippen molar-refractivity contribution in [2.75, 3.05) is 46.9 Å². The highest BCUT2D eigenvalue weighted by Gasteiger charge is 2.22. The number of hydrogen-bond acceptors (Lipinski definition) is 4. The van der Waals surface area contributed by atoms with Gasteiger partial charge in [0.15, 0.2) is 5.11 Å². The molecule has 0 saturated carbocycles. The summed E-state index contributed by atoms with van der Waals surface area (Å²) in [5, 5.41) is 4.20. The third-order valence-corrected chi connectivity index (χ3v) is 5.60. The normalized spacial score (nSPS) is 14.6. The molecule has 1 fully saturated rings. The van der Waals surface area contributed by atoms with Gasteiger partial charge in [-0.2, -0.15) is 0 Å². The molecule has 1 aromatic carbocycles. The minimum absolute atomic E-state index is 0.132. The van der Waals surface area contributed by atoms with Gasteiger partial charge >= 0.3 is 5.97 Å². The van der Waals surface area contributed by atoms with Crippen LogP contribution >= 0.6 is 12.2 Å². The lowest BCUT2D eigenvalue weighted by atomic mass is 10.1. The first-order valence-corrected chi connectivity index (χ1v) is 10.5.